The summed E-state index contributed by atoms with van der Waals surface area (Å²) in [5, 5.41) is 0.959. The van der Waals surface area contributed by atoms with E-state index in [2.05, 4.69) is 9.97 Å². The van der Waals surface area contributed by atoms with Crippen molar-refractivity contribution in [2.75, 3.05) is 20.0 Å². The molecule has 0 amide bonds. The molecule has 0 bridgehead atoms. The van der Waals surface area contributed by atoms with Crippen molar-refractivity contribution in [3.05, 3.63) is 53.7 Å². The smallest absolute Gasteiger partial charge is 0.161 e. The molecule has 0 saturated carbocycles. The zero-order chi connectivity index (χ0) is 15.5. The molecule has 2 aromatic heterocycles. The minimum absolute atomic E-state index is 0.471. The summed E-state index contributed by atoms with van der Waals surface area (Å²) >= 11 is 0. The Hall–Kier alpha value is -2.82. The molecule has 5 nitrogen and oxygen atoms in total. The fourth-order valence-electron chi connectivity index (χ4n) is 2.50. The van der Waals surface area contributed by atoms with Crippen LogP contribution in [0.2, 0.25) is 0 Å². The third kappa shape index (κ3) is 2.53. The van der Waals surface area contributed by atoms with Crippen LogP contribution in [-0.4, -0.2) is 24.2 Å². The molecule has 0 unspecified atom stereocenters. The maximum Gasteiger partial charge on any atom is 0.161 e. The summed E-state index contributed by atoms with van der Waals surface area (Å²) in [6, 6.07) is 11.6. The summed E-state index contributed by atoms with van der Waals surface area (Å²) in [6.07, 6.45) is 2.29. The molecule has 22 heavy (non-hydrogen) atoms. The number of nitrogen functional groups attached to an aromatic ring is 1. The Kier molecular flexibility index (Phi) is 3.78. The average Bonchev–Trinajstić information content (AvgIpc) is 2.55. The van der Waals surface area contributed by atoms with Gasteiger partial charge >= 0.3 is 0 Å². The number of nitrogens with zero attached hydrogens (tertiary/aromatic N) is 2. The molecule has 0 aliphatic heterocycles. The summed E-state index contributed by atoms with van der Waals surface area (Å²) < 4.78 is 10.9. The fourth-order valence-corrected chi connectivity index (χ4v) is 2.50. The number of rotatable bonds is 4. The van der Waals surface area contributed by atoms with Crippen LogP contribution in [-0.2, 0) is 6.42 Å². The van der Waals surface area contributed by atoms with Gasteiger partial charge in [-0.15, -0.1) is 0 Å². The number of benzene rings is 1. The fraction of sp³-hybridized carbons (Fsp3) is 0.176. The van der Waals surface area contributed by atoms with Gasteiger partial charge in [0.2, 0.25) is 0 Å². The van der Waals surface area contributed by atoms with Gasteiger partial charge in [-0.3, -0.25) is 0 Å². The second-order valence-corrected chi connectivity index (χ2v) is 4.90. The summed E-state index contributed by atoms with van der Waals surface area (Å²) in [5.74, 6) is 2.01. The summed E-state index contributed by atoms with van der Waals surface area (Å²) in [6.45, 7) is 0. The lowest BCUT2D eigenvalue weighted by atomic mass is 10.0. The van der Waals surface area contributed by atoms with E-state index in [9.17, 15) is 0 Å². The molecule has 3 rings (SSSR count). The highest BCUT2D eigenvalue weighted by Gasteiger charge is 2.13. The van der Waals surface area contributed by atoms with E-state index in [0.717, 1.165) is 28.0 Å². The topological polar surface area (TPSA) is 70.3 Å². The lowest BCUT2D eigenvalue weighted by molar-refractivity contribution is 0.387. The Labute approximate surface area is 128 Å². The van der Waals surface area contributed by atoms with Crippen LogP contribution in [0, 0.1) is 0 Å². The molecule has 0 spiro atoms. The largest absolute Gasteiger partial charge is 0.496 e. The quantitative estimate of drug-likeness (QED) is 0.801. The van der Waals surface area contributed by atoms with Crippen LogP contribution in [0.15, 0.2) is 42.6 Å². The van der Waals surface area contributed by atoms with Gasteiger partial charge in [0.05, 0.1) is 14.2 Å². The Morgan fingerprint density at radius 2 is 1.77 bits per heavy atom. The number of pyridine rings is 2. The van der Waals surface area contributed by atoms with Crippen LogP contribution in [0.1, 0.15) is 11.1 Å². The normalized spacial score (nSPS) is 10.6. The molecular formula is C17H17N3O2. The standard InChI is InChI=1S/C17H17N3O2/c1-21-14-6-3-7-15(22-2)13(14)10-12-9-11-5-4-8-19-17(11)20-16(12)18/h3-9H,10H2,1-2H3,(H2,18,19,20). The Balaban J connectivity index is 2.08. The van der Waals surface area contributed by atoms with Crippen molar-refractivity contribution < 1.29 is 9.47 Å². The maximum atomic E-state index is 6.08. The predicted octanol–water partition coefficient (Wildman–Crippen LogP) is 2.82. The Morgan fingerprint density at radius 1 is 1.05 bits per heavy atom. The third-order valence-electron chi connectivity index (χ3n) is 3.60. The zero-order valence-electron chi connectivity index (χ0n) is 12.5. The Bertz CT molecular complexity index is 796. The van der Waals surface area contributed by atoms with Gasteiger partial charge in [-0.25, -0.2) is 9.97 Å². The van der Waals surface area contributed by atoms with Crippen molar-refractivity contribution in [3.8, 4) is 11.5 Å². The van der Waals surface area contributed by atoms with Crippen molar-refractivity contribution in [3.63, 3.8) is 0 Å². The third-order valence-corrected chi connectivity index (χ3v) is 3.60. The molecule has 2 heterocycles. The minimum atomic E-state index is 0.471. The number of ether oxygens (including phenoxy) is 2. The maximum absolute atomic E-state index is 6.08. The van der Waals surface area contributed by atoms with Crippen molar-refractivity contribution in [1.29, 1.82) is 0 Å². The number of nitrogens with two attached hydrogens (primary N) is 1. The first-order valence-corrected chi connectivity index (χ1v) is 6.93. The van der Waals surface area contributed by atoms with Crippen LogP contribution in [0.25, 0.3) is 11.0 Å². The number of fused-ring (bicyclic) bond motifs is 1. The second-order valence-electron chi connectivity index (χ2n) is 4.90. The highest BCUT2D eigenvalue weighted by Crippen LogP contribution is 2.32. The molecule has 0 aliphatic carbocycles. The van der Waals surface area contributed by atoms with Gasteiger partial charge in [-0.2, -0.15) is 0 Å². The molecule has 2 N–H and O–H groups in total. The number of hydrogen-bond donors (Lipinski definition) is 1. The minimum Gasteiger partial charge on any atom is -0.496 e. The van der Waals surface area contributed by atoms with E-state index < -0.39 is 0 Å². The molecule has 0 fully saturated rings. The van der Waals surface area contributed by atoms with Crippen LogP contribution >= 0.6 is 0 Å². The number of aromatic nitrogens is 2. The highest BCUT2D eigenvalue weighted by molar-refractivity contribution is 5.78. The van der Waals surface area contributed by atoms with Gasteiger partial charge in [-0.05, 0) is 35.9 Å². The molecule has 0 atom stereocenters. The van der Waals surface area contributed by atoms with E-state index in [1.807, 2.05) is 36.4 Å². The first-order valence-electron chi connectivity index (χ1n) is 6.93. The van der Waals surface area contributed by atoms with E-state index >= 15 is 0 Å². The van der Waals surface area contributed by atoms with E-state index in [0.29, 0.717) is 17.9 Å². The lowest BCUT2D eigenvalue weighted by Crippen LogP contribution is -2.03. The van der Waals surface area contributed by atoms with E-state index in [1.54, 1.807) is 20.4 Å². The first kappa shape index (κ1) is 14.1. The summed E-state index contributed by atoms with van der Waals surface area (Å²) in [4.78, 5) is 8.58. The second kappa shape index (κ2) is 5.89. The van der Waals surface area contributed by atoms with Gasteiger partial charge in [0.15, 0.2) is 5.65 Å². The molecule has 112 valence electrons. The Morgan fingerprint density at radius 3 is 2.45 bits per heavy atom. The molecule has 3 aromatic rings. The SMILES string of the molecule is COc1cccc(OC)c1Cc1cc2cccnc2nc1N. The number of anilines is 1. The lowest BCUT2D eigenvalue weighted by Gasteiger charge is -2.14. The molecular weight excluding hydrogens is 278 g/mol. The van der Waals surface area contributed by atoms with Crippen LogP contribution in [0.4, 0.5) is 5.82 Å². The van der Waals surface area contributed by atoms with Crippen LogP contribution in [0.5, 0.6) is 11.5 Å². The summed E-state index contributed by atoms with van der Waals surface area (Å²) in [7, 11) is 3.29. The molecule has 0 radical (unpaired) electrons. The van der Waals surface area contributed by atoms with Crippen LogP contribution in [0.3, 0.4) is 0 Å². The zero-order valence-corrected chi connectivity index (χ0v) is 12.5. The van der Waals surface area contributed by atoms with Gasteiger partial charge in [0, 0.05) is 23.6 Å². The van der Waals surface area contributed by atoms with Crippen molar-refractivity contribution in [2.45, 2.75) is 6.42 Å². The average molecular weight is 295 g/mol. The highest BCUT2D eigenvalue weighted by atomic mass is 16.5. The van der Waals surface area contributed by atoms with Gasteiger partial charge in [-0.1, -0.05) is 6.07 Å². The van der Waals surface area contributed by atoms with Gasteiger partial charge in [0.25, 0.3) is 0 Å². The van der Waals surface area contributed by atoms with Gasteiger partial charge < -0.3 is 15.2 Å². The van der Waals surface area contributed by atoms with E-state index in [1.165, 1.54) is 0 Å². The molecule has 1 aromatic carbocycles. The van der Waals surface area contributed by atoms with Crippen molar-refractivity contribution in [1.82, 2.24) is 9.97 Å². The van der Waals surface area contributed by atoms with Crippen molar-refractivity contribution in [2.24, 2.45) is 0 Å². The van der Waals surface area contributed by atoms with E-state index in [-0.39, 0.29) is 0 Å². The molecule has 0 saturated heterocycles. The summed E-state index contributed by atoms with van der Waals surface area (Å²) in [5.41, 5.74) is 8.60. The van der Waals surface area contributed by atoms with Crippen LogP contribution < -0.4 is 15.2 Å². The molecule has 5 heteroatoms. The number of methoxy groups -OCH3 is 2. The number of hydrogen-bond acceptors (Lipinski definition) is 5. The predicted molar refractivity (Wildman–Crippen MR) is 86.3 cm³/mol. The monoisotopic (exact) mass is 295 g/mol. The van der Waals surface area contributed by atoms with Gasteiger partial charge in [0.1, 0.15) is 17.3 Å². The first-order chi connectivity index (χ1) is 10.7. The van der Waals surface area contributed by atoms with Crippen molar-refractivity contribution >= 4 is 16.9 Å². The molecule has 0 aliphatic rings. The van der Waals surface area contributed by atoms with E-state index in [4.69, 9.17) is 15.2 Å².